The zero-order valence-electron chi connectivity index (χ0n) is 20.4. The summed E-state index contributed by atoms with van der Waals surface area (Å²) in [4.78, 5) is 29.9. The molecule has 3 rings (SSSR count). The van der Waals surface area contributed by atoms with Gasteiger partial charge < -0.3 is 9.64 Å². The molecule has 0 saturated carbocycles. The first-order valence-corrected chi connectivity index (χ1v) is 12.4. The third-order valence-corrected chi connectivity index (χ3v) is 6.06. The van der Waals surface area contributed by atoms with Gasteiger partial charge in [-0.25, -0.2) is 0 Å². The molecule has 0 atom stereocenters. The van der Waals surface area contributed by atoms with E-state index in [0.717, 1.165) is 48.6 Å². The van der Waals surface area contributed by atoms with E-state index in [1.165, 1.54) is 11.1 Å². The third-order valence-electron chi connectivity index (χ3n) is 5.56. The number of Topliss-reactive ketones (excluding diaryl/α,β-unsaturated/α-hetero) is 1. The van der Waals surface area contributed by atoms with Crippen molar-refractivity contribution >= 4 is 33.7 Å². The number of anilines is 1. The van der Waals surface area contributed by atoms with E-state index < -0.39 is 5.78 Å². The van der Waals surface area contributed by atoms with Crippen LogP contribution in [-0.2, 0) is 11.3 Å². The molecule has 0 aromatic heterocycles. The topological polar surface area (TPSA) is 53.1 Å². The largest absolute Gasteiger partial charge is 0.494 e. The molecule has 7 heteroatoms. The maximum absolute atomic E-state index is 12.0. The third kappa shape index (κ3) is 7.66. The van der Waals surface area contributed by atoms with Gasteiger partial charge in [0.25, 0.3) is 0 Å². The average Bonchev–Trinajstić information content (AvgIpc) is 2.83. The van der Waals surface area contributed by atoms with Crippen LogP contribution in [0.1, 0.15) is 42.3 Å². The highest BCUT2D eigenvalue weighted by molar-refractivity contribution is 9.10. The molecule has 0 N–H and O–H groups in total. The zero-order valence-corrected chi connectivity index (χ0v) is 22.0. The molecule has 1 aliphatic heterocycles. The predicted molar refractivity (Wildman–Crippen MR) is 138 cm³/mol. The Morgan fingerprint density at radius 2 is 1.76 bits per heavy atom. The number of aldehydes is 1. The minimum Gasteiger partial charge on any atom is -0.494 e. The molecule has 1 heterocycles. The average molecular weight is 518 g/mol. The Morgan fingerprint density at radius 1 is 1.09 bits per heavy atom. The second kappa shape index (κ2) is 13.5. The monoisotopic (exact) mass is 517 g/mol. The molecule has 180 valence electrons. The van der Waals surface area contributed by atoms with Gasteiger partial charge in [-0.05, 0) is 49.2 Å². The normalized spacial score (nSPS) is 14.2. The van der Waals surface area contributed by atoms with Crippen LogP contribution in [0.5, 0.6) is 5.75 Å². The molecule has 0 bridgehead atoms. The molecule has 0 spiro atoms. The summed E-state index contributed by atoms with van der Waals surface area (Å²) < 4.78 is 6.42. The highest BCUT2D eigenvalue weighted by atomic mass is 79.9. The van der Waals surface area contributed by atoms with E-state index in [1.54, 1.807) is 6.07 Å². The number of nitrogens with zero attached hydrogens (tertiary/aromatic N) is 3. The van der Waals surface area contributed by atoms with Crippen LogP contribution in [0.2, 0.25) is 0 Å². The number of rotatable bonds is 9. The van der Waals surface area contributed by atoms with Crippen molar-refractivity contribution in [3.63, 3.8) is 0 Å². The van der Waals surface area contributed by atoms with E-state index in [9.17, 15) is 9.59 Å². The van der Waals surface area contributed by atoms with Gasteiger partial charge in [-0.15, -0.1) is 0 Å². The Labute approximate surface area is 206 Å². The van der Waals surface area contributed by atoms with E-state index in [0.29, 0.717) is 25.1 Å². The molecule has 0 amide bonds. The lowest BCUT2D eigenvalue weighted by Crippen LogP contribution is -2.49. The van der Waals surface area contributed by atoms with Crippen molar-refractivity contribution in [2.75, 3.05) is 51.4 Å². The number of hydrogen-bond acceptors (Lipinski definition) is 6. The standard InChI is InChI=1S/C24H30BrN3O3.C2H6/c1-4-31-24-8-5-19(13-18(24)2)15-27-9-11-28(12-10-27)17-26(3)22-7-6-20(25)14-21(22)23(30)16-29;1-2/h5-8,13-14,16H,4,9-12,15,17H2,1-3H3;1-2H3. The molecule has 0 aliphatic carbocycles. The summed E-state index contributed by atoms with van der Waals surface area (Å²) >= 11 is 3.38. The summed E-state index contributed by atoms with van der Waals surface area (Å²) in [6.07, 6.45) is 0.376. The van der Waals surface area contributed by atoms with Gasteiger partial charge in [-0.3, -0.25) is 19.4 Å². The first-order chi connectivity index (χ1) is 15.9. The Bertz CT molecular complexity index is 927. The van der Waals surface area contributed by atoms with Crippen molar-refractivity contribution in [1.29, 1.82) is 0 Å². The van der Waals surface area contributed by atoms with Gasteiger partial charge in [0.1, 0.15) is 5.75 Å². The van der Waals surface area contributed by atoms with Crippen molar-refractivity contribution in [3.8, 4) is 5.75 Å². The van der Waals surface area contributed by atoms with Gasteiger partial charge in [-0.1, -0.05) is 41.9 Å². The number of ether oxygens (including phenoxy) is 1. The molecular formula is C26H36BrN3O3. The molecule has 2 aromatic carbocycles. The highest BCUT2D eigenvalue weighted by Gasteiger charge is 2.20. The van der Waals surface area contributed by atoms with Crippen LogP contribution in [0, 0.1) is 6.92 Å². The molecule has 1 saturated heterocycles. The Hall–Kier alpha value is -2.22. The van der Waals surface area contributed by atoms with Crippen LogP contribution in [0.25, 0.3) is 0 Å². The second-order valence-corrected chi connectivity index (χ2v) is 8.83. The van der Waals surface area contributed by atoms with Crippen LogP contribution < -0.4 is 9.64 Å². The molecule has 1 aliphatic rings. The van der Waals surface area contributed by atoms with E-state index in [-0.39, 0.29) is 0 Å². The quantitative estimate of drug-likeness (QED) is 0.271. The van der Waals surface area contributed by atoms with Crippen LogP contribution in [0.15, 0.2) is 40.9 Å². The number of halogens is 1. The van der Waals surface area contributed by atoms with E-state index in [4.69, 9.17) is 4.74 Å². The van der Waals surface area contributed by atoms with Crippen LogP contribution in [-0.4, -0.2) is 68.4 Å². The summed E-state index contributed by atoms with van der Waals surface area (Å²) in [5.74, 6) is 0.457. The molecule has 6 nitrogen and oxygen atoms in total. The lowest BCUT2D eigenvalue weighted by Gasteiger charge is -2.37. The first-order valence-electron chi connectivity index (χ1n) is 11.6. The number of piperazine rings is 1. The second-order valence-electron chi connectivity index (χ2n) is 7.91. The summed E-state index contributed by atoms with van der Waals surface area (Å²) in [6, 6.07) is 11.9. The first kappa shape index (κ1) is 27.0. The van der Waals surface area contributed by atoms with Gasteiger partial charge in [-0.2, -0.15) is 0 Å². The number of aryl methyl sites for hydroxylation is 1. The predicted octanol–water partition coefficient (Wildman–Crippen LogP) is 4.78. The lowest BCUT2D eigenvalue weighted by molar-refractivity contribution is -0.104. The number of ketones is 1. The van der Waals surface area contributed by atoms with Crippen molar-refractivity contribution < 1.29 is 14.3 Å². The van der Waals surface area contributed by atoms with Gasteiger partial charge >= 0.3 is 0 Å². The number of carbonyl (C=O) groups is 2. The van der Waals surface area contributed by atoms with Crippen molar-refractivity contribution in [3.05, 3.63) is 57.6 Å². The summed E-state index contributed by atoms with van der Waals surface area (Å²) in [6.45, 7) is 14.3. The zero-order chi connectivity index (χ0) is 24.4. The fraction of sp³-hybridized carbons (Fsp3) is 0.462. The van der Waals surface area contributed by atoms with Crippen LogP contribution >= 0.6 is 15.9 Å². The molecule has 33 heavy (non-hydrogen) atoms. The fourth-order valence-electron chi connectivity index (χ4n) is 3.95. The van der Waals surface area contributed by atoms with Gasteiger partial charge in [0.15, 0.2) is 6.29 Å². The van der Waals surface area contributed by atoms with Gasteiger partial charge in [0, 0.05) is 55.5 Å². The van der Waals surface area contributed by atoms with Crippen LogP contribution in [0.3, 0.4) is 0 Å². The maximum Gasteiger partial charge on any atom is 0.227 e. The number of hydrogen-bond donors (Lipinski definition) is 0. The molecule has 0 radical (unpaired) electrons. The summed E-state index contributed by atoms with van der Waals surface area (Å²) in [7, 11) is 1.96. The van der Waals surface area contributed by atoms with Crippen molar-refractivity contribution in [2.24, 2.45) is 0 Å². The summed E-state index contributed by atoms with van der Waals surface area (Å²) in [5, 5.41) is 0. The Kier molecular flexibility index (Phi) is 11.0. The fourth-order valence-corrected chi connectivity index (χ4v) is 4.31. The Morgan fingerprint density at radius 3 is 2.36 bits per heavy atom. The maximum atomic E-state index is 12.0. The summed E-state index contributed by atoms with van der Waals surface area (Å²) in [5.41, 5.74) is 3.68. The minimum absolute atomic E-state index is 0.376. The minimum atomic E-state index is -0.501. The van der Waals surface area contributed by atoms with Gasteiger partial charge in [0.2, 0.25) is 5.78 Å². The van der Waals surface area contributed by atoms with Crippen LogP contribution in [0.4, 0.5) is 5.69 Å². The number of benzene rings is 2. The lowest BCUT2D eigenvalue weighted by atomic mass is 10.1. The highest BCUT2D eigenvalue weighted by Crippen LogP contribution is 2.25. The molecule has 0 unspecified atom stereocenters. The van der Waals surface area contributed by atoms with Crippen molar-refractivity contribution in [2.45, 2.75) is 34.2 Å². The molecule has 1 fully saturated rings. The van der Waals surface area contributed by atoms with E-state index >= 15 is 0 Å². The number of carbonyl (C=O) groups excluding carboxylic acids is 2. The van der Waals surface area contributed by atoms with Gasteiger partial charge in [0.05, 0.1) is 13.3 Å². The molecule has 2 aromatic rings. The van der Waals surface area contributed by atoms with E-state index in [2.05, 4.69) is 50.9 Å². The van der Waals surface area contributed by atoms with E-state index in [1.807, 2.05) is 44.9 Å². The Balaban J connectivity index is 0.00000187. The SMILES string of the molecule is CC.CCOc1ccc(CN2CCN(CN(C)c3ccc(Br)cc3C(=O)C=O)CC2)cc1C. The molecular weight excluding hydrogens is 482 g/mol. The smallest absolute Gasteiger partial charge is 0.227 e. The van der Waals surface area contributed by atoms with Crippen molar-refractivity contribution in [1.82, 2.24) is 9.80 Å².